The third kappa shape index (κ3) is 5.79. The first-order chi connectivity index (χ1) is 15.7. The van der Waals surface area contributed by atoms with Gasteiger partial charge in [-0.25, -0.2) is 4.79 Å². The lowest BCUT2D eigenvalue weighted by molar-refractivity contribution is -0.384. The summed E-state index contributed by atoms with van der Waals surface area (Å²) in [6.45, 7) is 2.73. The van der Waals surface area contributed by atoms with E-state index in [0.717, 1.165) is 23.9 Å². The van der Waals surface area contributed by atoms with Crippen molar-refractivity contribution in [1.29, 1.82) is 0 Å². The second-order valence-corrected chi connectivity index (χ2v) is 8.15. The summed E-state index contributed by atoms with van der Waals surface area (Å²) in [4.78, 5) is 47.8. The number of non-ortho nitro benzene ring substituents is 1. The molecule has 0 aliphatic carbocycles. The van der Waals surface area contributed by atoms with Crippen LogP contribution in [0.4, 0.5) is 11.4 Å². The molecule has 2 aromatic carbocycles. The number of hydrogen-bond donors (Lipinski definition) is 2. The Morgan fingerprint density at radius 3 is 2.67 bits per heavy atom. The molecule has 0 saturated heterocycles. The highest BCUT2D eigenvalue weighted by atomic mass is 35.5. The van der Waals surface area contributed by atoms with Crippen LogP contribution in [0.2, 0.25) is 5.02 Å². The van der Waals surface area contributed by atoms with E-state index in [1.165, 1.54) is 6.07 Å². The summed E-state index contributed by atoms with van der Waals surface area (Å²) in [7, 11) is 0. The number of carbonyl (C=O) groups is 3. The van der Waals surface area contributed by atoms with Crippen molar-refractivity contribution in [3.63, 3.8) is 0 Å². The van der Waals surface area contributed by atoms with E-state index in [4.69, 9.17) is 16.3 Å². The average molecular weight is 492 g/mol. The normalized spacial score (nSPS) is 11.8. The van der Waals surface area contributed by atoms with Crippen molar-refractivity contribution in [3.8, 4) is 0 Å². The maximum absolute atomic E-state index is 12.6. The van der Waals surface area contributed by atoms with Gasteiger partial charge in [0.2, 0.25) is 0 Å². The van der Waals surface area contributed by atoms with Crippen LogP contribution in [0.3, 0.4) is 0 Å². The molecule has 0 bridgehead atoms. The minimum absolute atomic E-state index is 0.0148. The Bertz CT molecular complexity index is 1230. The van der Waals surface area contributed by atoms with E-state index in [2.05, 4.69) is 19.4 Å². The van der Waals surface area contributed by atoms with E-state index < -0.39 is 41.3 Å². The van der Waals surface area contributed by atoms with Crippen LogP contribution in [-0.4, -0.2) is 44.1 Å². The molecule has 1 aromatic heterocycles. The van der Waals surface area contributed by atoms with E-state index >= 15 is 0 Å². The molecule has 0 radical (unpaired) electrons. The number of nitrogens with zero attached hydrogens (tertiary/aromatic N) is 3. The number of anilines is 1. The van der Waals surface area contributed by atoms with Crippen LogP contribution in [0.15, 0.2) is 36.4 Å². The Hall–Kier alpha value is -3.64. The fourth-order valence-electron chi connectivity index (χ4n) is 2.84. The molecule has 13 heteroatoms. The second-order valence-electron chi connectivity index (χ2n) is 7.21. The van der Waals surface area contributed by atoms with E-state index in [9.17, 15) is 24.5 Å². The van der Waals surface area contributed by atoms with Crippen molar-refractivity contribution < 1.29 is 24.0 Å². The maximum Gasteiger partial charge on any atom is 0.329 e. The summed E-state index contributed by atoms with van der Waals surface area (Å²) < 4.78 is 13.3. The van der Waals surface area contributed by atoms with Crippen molar-refractivity contribution in [1.82, 2.24) is 14.1 Å². The van der Waals surface area contributed by atoms with Crippen molar-refractivity contribution in [2.75, 3.05) is 11.9 Å². The van der Waals surface area contributed by atoms with Crippen LogP contribution >= 0.6 is 23.3 Å². The topological polar surface area (TPSA) is 153 Å². The zero-order valence-electron chi connectivity index (χ0n) is 17.4. The SMILES string of the molecule is CC(C)C(NC(=O)c1cc([N+](=O)[O-])ccc1Cl)C(=O)OCC(=O)Nc1cccc2nsnc12. The third-order valence-electron chi connectivity index (χ3n) is 4.52. The van der Waals surface area contributed by atoms with Gasteiger partial charge in [0.05, 0.1) is 32.9 Å². The average Bonchev–Trinajstić information content (AvgIpc) is 3.25. The van der Waals surface area contributed by atoms with Crippen LogP contribution in [0.5, 0.6) is 0 Å². The van der Waals surface area contributed by atoms with Gasteiger partial charge >= 0.3 is 5.97 Å². The summed E-state index contributed by atoms with van der Waals surface area (Å²) in [5, 5.41) is 16.0. The number of amides is 2. The minimum atomic E-state index is -1.12. The molecule has 3 aromatic rings. The lowest BCUT2D eigenvalue weighted by Crippen LogP contribution is -2.46. The molecular formula is C20H18ClN5O6S. The number of benzene rings is 2. The standard InChI is InChI=1S/C20H18ClN5O6S/c1-10(2)17(23-19(28)12-8-11(26(30)31)6-7-13(12)21)20(29)32-9-16(27)22-14-4-3-5-15-18(14)25-33-24-15/h3-8,10,17H,9H2,1-2H3,(H,22,27)(H,23,28). The fraction of sp³-hybridized carbons (Fsp3) is 0.250. The summed E-state index contributed by atoms with van der Waals surface area (Å²) in [5.41, 5.74) is 1.08. The predicted octanol–water partition coefficient (Wildman–Crippen LogP) is 3.19. The molecule has 0 aliphatic heterocycles. The molecule has 2 amide bonds. The molecule has 1 unspecified atom stereocenters. The van der Waals surface area contributed by atoms with Gasteiger partial charge in [0.1, 0.15) is 17.1 Å². The number of rotatable bonds is 8. The van der Waals surface area contributed by atoms with Gasteiger partial charge in [0.25, 0.3) is 17.5 Å². The number of esters is 1. The molecule has 172 valence electrons. The molecule has 33 heavy (non-hydrogen) atoms. The fourth-order valence-corrected chi connectivity index (χ4v) is 3.59. The summed E-state index contributed by atoms with van der Waals surface area (Å²) in [6.07, 6.45) is 0. The molecule has 0 aliphatic rings. The lowest BCUT2D eigenvalue weighted by Gasteiger charge is -2.21. The van der Waals surface area contributed by atoms with E-state index in [1.807, 2.05) is 0 Å². The molecule has 3 rings (SSSR count). The first kappa shape index (κ1) is 24.0. The molecule has 0 saturated carbocycles. The van der Waals surface area contributed by atoms with Gasteiger partial charge in [-0.15, -0.1) is 0 Å². The number of halogens is 1. The molecule has 1 atom stereocenters. The van der Waals surface area contributed by atoms with Crippen molar-refractivity contribution in [2.24, 2.45) is 5.92 Å². The number of ether oxygens (including phenoxy) is 1. The van der Waals surface area contributed by atoms with Crippen LogP contribution < -0.4 is 10.6 Å². The summed E-state index contributed by atoms with van der Waals surface area (Å²) in [6, 6.07) is 7.37. The molecule has 0 spiro atoms. The molecule has 11 nitrogen and oxygen atoms in total. The van der Waals surface area contributed by atoms with E-state index in [1.54, 1.807) is 32.0 Å². The Morgan fingerprint density at radius 2 is 1.97 bits per heavy atom. The Morgan fingerprint density at radius 1 is 1.21 bits per heavy atom. The van der Waals surface area contributed by atoms with Crippen LogP contribution in [0, 0.1) is 16.0 Å². The number of nitro benzene ring substituents is 1. The van der Waals surface area contributed by atoms with Gasteiger partial charge in [-0.3, -0.25) is 19.7 Å². The highest BCUT2D eigenvalue weighted by Gasteiger charge is 2.28. The number of carbonyl (C=O) groups excluding carboxylic acids is 3. The van der Waals surface area contributed by atoms with Crippen LogP contribution in [0.25, 0.3) is 11.0 Å². The molecular weight excluding hydrogens is 474 g/mol. The molecule has 0 fully saturated rings. The Kier molecular flexibility index (Phi) is 7.51. The maximum atomic E-state index is 12.6. The molecule has 2 N–H and O–H groups in total. The van der Waals surface area contributed by atoms with Crippen molar-refractivity contribution in [3.05, 3.63) is 57.1 Å². The summed E-state index contributed by atoms with van der Waals surface area (Å²) >= 11 is 6.99. The van der Waals surface area contributed by atoms with Gasteiger partial charge in [0, 0.05) is 12.1 Å². The van der Waals surface area contributed by atoms with Gasteiger partial charge in [-0.2, -0.15) is 8.75 Å². The zero-order valence-corrected chi connectivity index (χ0v) is 19.0. The Labute approximate surface area is 196 Å². The highest BCUT2D eigenvalue weighted by molar-refractivity contribution is 7.00. The van der Waals surface area contributed by atoms with Gasteiger partial charge < -0.3 is 15.4 Å². The second kappa shape index (κ2) is 10.3. The zero-order chi connectivity index (χ0) is 24.1. The third-order valence-corrected chi connectivity index (χ3v) is 5.39. The van der Waals surface area contributed by atoms with Gasteiger partial charge in [0.15, 0.2) is 6.61 Å². The monoisotopic (exact) mass is 491 g/mol. The number of fused-ring (bicyclic) bond motifs is 1. The van der Waals surface area contributed by atoms with E-state index in [0.29, 0.717) is 16.7 Å². The lowest BCUT2D eigenvalue weighted by atomic mass is 10.0. The Balaban J connectivity index is 1.64. The van der Waals surface area contributed by atoms with Crippen LogP contribution in [-0.2, 0) is 14.3 Å². The number of aromatic nitrogens is 2. The first-order valence-corrected chi connectivity index (χ1v) is 10.7. The smallest absolute Gasteiger partial charge is 0.329 e. The highest BCUT2D eigenvalue weighted by Crippen LogP contribution is 2.23. The van der Waals surface area contributed by atoms with E-state index in [-0.39, 0.29) is 16.3 Å². The van der Waals surface area contributed by atoms with Crippen molar-refractivity contribution >= 4 is 63.5 Å². The molecule has 1 heterocycles. The largest absolute Gasteiger partial charge is 0.454 e. The predicted molar refractivity (Wildman–Crippen MR) is 121 cm³/mol. The number of nitrogens with one attached hydrogen (secondary N) is 2. The van der Waals surface area contributed by atoms with Crippen LogP contribution in [0.1, 0.15) is 24.2 Å². The minimum Gasteiger partial charge on any atom is -0.454 e. The van der Waals surface area contributed by atoms with Gasteiger partial charge in [-0.05, 0) is 24.1 Å². The summed E-state index contributed by atoms with van der Waals surface area (Å²) in [5.74, 6) is -2.63. The number of hydrogen-bond acceptors (Lipinski definition) is 9. The first-order valence-electron chi connectivity index (χ1n) is 9.60. The van der Waals surface area contributed by atoms with Crippen molar-refractivity contribution in [2.45, 2.75) is 19.9 Å². The number of nitro groups is 1. The van der Waals surface area contributed by atoms with Gasteiger partial charge in [-0.1, -0.05) is 31.5 Å². The quantitative estimate of drug-likeness (QED) is 0.276.